The number of unbranched alkanes of at least 4 members (excludes halogenated alkanes) is 9. The van der Waals surface area contributed by atoms with E-state index in [-0.39, 0.29) is 31.2 Å². The predicted octanol–water partition coefficient (Wildman–Crippen LogP) is 1.82. The zero-order valence-corrected chi connectivity index (χ0v) is 20.3. The number of ether oxygens (including phenoxy) is 1. The van der Waals surface area contributed by atoms with Gasteiger partial charge in [-0.25, -0.2) is 4.79 Å². The van der Waals surface area contributed by atoms with Gasteiger partial charge in [-0.1, -0.05) is 57.1 Å². The molecule has 2 heterocycles. The molecule has 0 amide bonds. The monoisotopic (exact) mass is 481 g/mol. The summed E-state index contributed by atoms with van der Waals surface area (Å²) in [4.78, 5) is 24.9. The van der Waals surface area contributed by atoms with E-state index in [2.05, 4.69) is 12.2 Å². The van der Waals surface area contributed by atoms with Crippen molar-refractivity contribution in [1.82, 2.24) is 9.13 Å². The van der Waals surface area contributed by atoms with Crippen LogP contribution in [0.25, 0.3) is 0 Å². The van der Waals surface area contributed by atoms with Gasteiger partial charge in [0.15, 0.2) is 0 Å². The topological polar surface area (TPSA) is 140 Å². The Bertz CT molecular complexity index is 837. The van der Waals surface area contributed by atoms with Gasteiger partial charge in [-0.05, 0) is 25.7 Å². The zero-order chi connectivity index (χ0) is 24.8. The van der Waals surface area contributed by atoms with E-state index < -0.39 is 24.1 Å². The third kappa shape index (κ3) is 9.46. The Morgan fingerprint density at radius 1 is 1.03 bits per heavy atom. The molecular formula is C25H43N3O6. The van der Waals surface area contributed by atoms with Gasteiger partial charge >= 0.3 is 5.69 Å². The van der Waals surface area contributed by atoms with Crippen LogP contribution in [0.1, 0.15) is 83.3 Å². The van der Waals surface area contributed by atoms with Gasteiger partial charge in [-0.15, -0.1) is 0 Å². The summed E-state index contributed by atoms with van der Waals surface area (Å²) in [5.74, 6) is 0. The van der Waals surface area contributed by atoms with E-state index in [1.54, 1.807) is 0 Å². The van der Waals surface area contributed by atoms with Gasteiger partial charge in [0.1, 0.15) is 12.3 Å². The summed E-state index contributed by atoms with van der Waals surface area (Å²) in [6.07, 6.45) is 15.4. The van der Waals surface area contributed by atoms with E-state index in [0.717, 1.165) is 38.5 Å². The zero-order valence-electron chi connectivity index (χ0n) is 20.3. The number of aliphatic hydroxyl groups is 3. The molecule has 34 heavy (non-hydrogen) atoms. The van der Waals surface area contributed by atoms with E-state index in [9.17, 15) is 19.8 Å². The van der Waals surface area contributed by atoms with Crippen LogP contribution in [0.5, 0.6) is 0 Å². The lowest BCUT2D eigenvalue weighted by Gasteiger charge is -2.16. The summed E-state index contributed by atoms with van der Waals surface area (Å²) in [7, 11) is 0. The van der Waals surface area contributed by atoms with Crippen molar-refractivity contribution < 1.29 is 20.1 Å². The molecule has 9 heteroatoms. The molecule has 4 atom stereocenters. The fourth-order valence-corrected chi connectivity index (χ4v) is 4.24. The molecule has 0 aromatic carbocycles. The van der Waals surface area contributed by atoms with Crippen molar-refractivity contribution >= 4 is 0 Å². The second-order valence-electron chi connectivity index (χ2n) is 9.23. The highest BCUT2D eigenvalue weighted by Gasteiger charge is 2.35. The number of nitrogens with two attached hydrogens (primary N) is 1. The average Bonchev–Trinajstić information content (AvgIpc) is 3.20. The van der Waals surface area contributed by atoms with Crippen molar-refractivity contribution in [2.45, 2.75) is 108 Å². The molecule has 1 aromatic rings. The van der Waals surface area contributed by atoms with Crippen LogP contribution in [0, 0.1) is 0 Å². The van der Waals surface area contributed by atoms with Crippen molar-refractivity contribution in [2.24, 2.45) is 5.73 Å². The van der Waals surface area contributed by atoms with Crippen LogP contribution in [0.2, 0.25) is 0 Å². The van der Waals surface area contributed by atoms with Gasteiger partial charge in [-0.2, -0.15) is 0 Å². The normalized spacial score (nSPS) is 21.5. The van der Waals surface area contributed by atoms with Crippen LogP contribution < -0.4 is 17.0 Å². The molecule has 0 radical (unpaired) electrons. The molecule has 1 fully saturated rings. The minimum absolute atomic E-state index is 0.0306. The Balaban J connectivity index is 1.58. The Hall–Kier alpha value is -1.78. The molecule has 0 bridgehead atoms. The fraction of sp³-hybridized carbons (Fsp3) is 0.760. The molecule has 1 aliphatic rings. The largest absolute Gasteiger partial charge is 0.395 e. The summed E-state index contributed by atoms with van der Waals surface area (Å²) >= 11 is 0. The summed E-state index contributed by atoms with van der Waals surface area (Å²) in [5.41, 5.74) is 4.88. The van der Waals surface area contributed by atoms with Gasteiger partial charge in [0.05, 0.1) is 19.3 Å². The molecule has 1 saturated heterocycles. The molecule has 2 rings (SSSR count). The molecule has 0 aliphatic carbocycles. The Labute approximate surface area is 201 Å². The Kier molecular flexibility index (Phi) is 13.4. The number of hydrogen-bond donors (Lipinski definition) is 4. The molecule has 1 unspecified atom stereocenters. The smallest absolute Gasteiger partial charge is 0.333 e. The predicted molar refractivity (Wildman–Crippen MR) is 132 cm³/mol. The van der Waals surface area contributed by atoms with Crippen molar-refractivity contribution in [3.8, 4) is 0 Å². The molecule has 194 valence electrons. The van der Waals surface area contributed by atoms with Gasteiger partial charge in [-0.3, -0.25) is 13.9 Å². The van der Waals surface area contributed by atoms with E-state index in [1.165, 1.54) is 53.5 Å². The van der Waals surface area contributed by atoms with Crippen LogP contribution >= 0.6 is 0 Å². The first-order chi connectivity index (χ1) is 16.5. The van der Waals surface area contributed by atoms with Crippen LogP contribution in [0.3, 0.4) is 0 Å². The average molecular weight is 482 g/mol. The lowest BCUT2D eigenvalue weighted by Crippen LogP contribution is -2.40. The minimum atomic E-state index is -0.832. The lowest BCUT2D eigenvalue weighted by molar-refractivity contribution is -0.0463. The van der Waals surface area contributed by atoms with E-state index in [1.807, 2.05) is 0 Å². The quantitative estimate of drug-likeness (QED) is 0.196. The first kappa shape index (κ1) is 28.5. The van der Waals surface area contributed by atoms with E-state index in [0.29, 0.717) is 6.54 Å². The van der Waals surface area contributed by atoms with Crippen LogP contribution in [-0.4, -0.2) is 55.9 Å². The Morgan fingerprint density at radius 3 is 2.29 bits per heavy atom. The molecule has 1 aromatic heterocycles. The number of hydrogen-bond acceptors (Lipinski definition) is 7. The lowest BCUT2D eigenvalue weighted by atomic mass is 10.1. The maximum Gasteiger partial charge on any atom is 0.333 e. The summed E-state index contributed by atoms with van der Waals surface area (Å²) in [5, 5.41) is 28.0. The summed E-state index contributed by atoms with van der Waals surface area (Å²) < 4.78 is 8.11. The molecule has 0 spiro atoms. The van der Waals surface area contributed by atoms with Gasteiger partial charge in [0.2, 0.25) is 0 Å². The molecule has 9 nitrogen and oxygen atoms in total. The van der Waals surface area contributed by atoms with Crippen molar-refractivity contribution in [2.75, 3.05) is 13.2 Å². The third-order valence-electron chi connectivity index (χ3n) is 6.38. The van der Waals surface area contributed by atoms with E-state index in [4.69, 9.17) is 15.6 Å². The molecule has 1 aliphatic heterocycles. The van der Waals surface area contributed by atoms with Crippen molar-refractivity contribution in [3.63, 3.8) is 0 Å². The summed E-state index contributed by atoms with van der Waals surface area (Å²) in [6.45, 7) is 0.0852. The van der Waals surface area contributed by atoms with Crippen LogP contribution in [0.15, 0.2) is 34.0 Å². The highest BCUT2D eigenvalue weighted by Crippen LogP contribution is 2.27. The van der Waals surface area contributed by atoms with Crippen molar-refractivity contribution in [3.05, 3.63) is 45.3 Å². The Morgan fingerprint density at radius 2 is 1.68 bits per heavy atom. The molecule has 5 N–H and O–H groups in total. The summed E-state index contributed by atoms with van der Waals surface area (Å²) in [6, 6.07) is 1.20. The second kappa shape index (κ2) is 16.0. The molecule has 0 saturated carbocycles. The maximum absolute atomic E-state index is 12.8. The first-order valence-corrected chi connectivity index (χ1v) is 12.8. The first-order valence-electron chi connectivity index (χ1n) is 12.8. The highest BCUT2D eigenvalue weighted by atomic mass is 16.5. The maximum atomic E-state index is 12.8. The van der Waals surface area contributed by atoms with Gasteiger partial charge in [0, 0.05) is 31.3 Å². The van der Waals surface area contributed by atoms with Gasteiger partial charge < -0.3 is 25.8 Å². The standard InChI is InChI=1S/C25H43N3O6/c26-20(18-29)13-11-9-7-5-3-1-2-4-6-8-10-12-15-27-23(32)14-16-28(25(27)33)24-17-21(31)22(19-30)34-24/h9,11,14,16,20-22,24,29-31H,1-8,10,12-13,15,17-19,26H2/b11-9+/t20?,21-,22+,24+/m0/s1. The third-order valence-corrected chi connectivity index (χ3v) is 6.38. The van der Waals surface area contributed by atoms with Crippen LogP contribution in [-0.2, 0) is 11.3 Å². The highest BCUT2D eigenvalue weighted by molar-refractivity contribution is 4.91. The van der Waals surface area contributed by atoms with Gasteiger partial charge in [0.25, 0.3) is 5.56 Å². The molecular weight excluding hydrogens is 438 g/mol. The number of allylic oxidation sites excluding steroid dienone is 1. The van der Waals surface area contributed by atoms with Crippen LogP contribution in [0.4, 0.5) is 0 Å². The minimum Gasteiger partial charge on any atom is -0.395 e. The SMILES string of the molecule is NC(CO)C/C=C/CCCCCCCCCCCn1c(=O)ccn([C@H]2C[C@H](O)[C@@H](CO)O2)c1=O. The van der Waals surface area contributed by atoms with Crippen molar-refractivity contribution in [1.29, 1.82) is 0 Å². The fourth-order valence-electron chi connectivity index (χ4n) is 4.24. The van der Waals surface area contributed by atoms with E-state index >= 15 is 0 Å². The number of aromatic nitrogens is 2. The number of nitrogens with zero attached hydrogens (tertiary/aromatic N) is 2. The second-order valence-corrected chi connectivity index (χ2v) is 9.23. The number of aliphatic hydroxyl groups excluding tert-OH is 3. The number of rotatable bonds is 17.